The molecule has 1 unspecified atom stereocenters. The van der Waals surface area contributed by atoms with Crippen molar-refractivity contribution in [2.45, 2.75) is 335 Å². The summed E-state index contributed by atoms with van der Waals surface area (Å²) < 4.78 is 17.0. The van der Waals surface area contributed by atoms with Crippen molar-refractivity contribution in [2.75, 3.05) is 13.2 Å². The number of hydrogen-bond acceptors (Lipinski definition) is 6. The second-order valence-corrected chi connectivity index (χ2v) is 22.7. The minimum atomic E-state index is -0.796. The Kier molecular flexibility index (Phi) is 65.2. The predicted octanol–water partition coefficient (Wildman–Crippen LogP) is 23.8. The van der Waals surface area contributed by atoms with Gasteiger partial charge in [0, 0.05) is 19.3 Å². The summed E-state index contributed by atoms with van der Waals surface area (Å²) in [6.45, 7) is 6.50. The molecule has 0 aromatic heterocycles. The largest absolute Gasteiger partial charge is 0.462 e. The molecule has 0 saturated heterocycles. The lowest BCUT2D eigenvalue weighted by atomic mass is 10.0. The van der Waals surface area contributed by atoms with Gasteiger partial charge in [-0.25, -0.2) is 0 Å². The summed E-state index contributed by atoms with van der Waals surface area (Å²) in [5.74, 6) is -0.905. The third kappa shape index (κ3) is 66.8. The van der Waals surface area contributed by atoms with Gasteiger partial charge in [0.2, 0.25) is 0 Å². The van der Waals surface area contributed by atoms with E-state index in [1.165, 1.54) is 167 Å². The van der Waals surface area contributed by atoms with Crippen LogP contribution in [-0.4, -0.2) is 37.2 Å². The second kappa shape index (κ2) is 68.6. The van der Waals surface area contributed by atoms with Crippen LogP contribution in [0.15, 0.2) is 109 Å². The highest BCUT2D eigenvalue weighted by molar-refractivity contribution is 5.71. The van der Waals surface area contributed by atoms with Gasteiger partial charge in [-0.1, -0.05) is 291 Å². The van der Waals surface area contributed by atoms with Crippen LogP contribution >= 0.6 is 0 Å². The highest BCUT2D eigenvalue weighted by Crippen LogP contribution is 2.16. The number of unbranched alkanes of at least 4 members (excludes halogenated alkanes) is 33. The van der Waals surface area contributed by atoms with Gasteiger partial charge in [-0.05, 0) is 128 Å². The SMILES string of the molecule is CC/C=C\C/C=C\C/C=C\C/C=C\CCCCCCCCC(=O)OC(COC(=O)CCCCCCCC/C=C\C/C=C\C/C=C\CCCCC)COC(=O)CCCCCCCCCCCCCCC/C=C\C/C=C\CCCCCCC. The first-order valence-corrected chi connectivity index (χ1v) is 34.4. The molecule has 0 bridgehead atoms. The summed E-state index contributed by atoms with van der Waals surface area (Å²) >= 11 is 0. The molecule has 0 aliphatic heterocycles. The van der Waals surface area contributed by atoms with Crippen LogP contribution in [0.2, 0.25) is 0 Å². The smallest absolute Gasteiger partial charge is 0.306 e. The van der Waals surface area contributed by atoms with Gasteiger partial charge < -0.3 is 14.2 Å². The van der Waals surface area contributed by atoms with Gasteiger partial charge in [-0.3, -0.25) is 14.4 Å². The summed E-state index contributed by atoms with van der Waals surface area (Å²) in [7, 11) is 0. The fourth-order valence-electron chi connectivity index (χ4n) is 9.59. The van der Waals surface area contributed by atoms with E-state index in [2.05, 4.69) is 130 Å². The predicted molar refractivity (Wildman–Crippen MR) is 353 cm³/mol. The Labute approximate surface area is 501 Å². The molecular weight excluding hydrogens is 997 g/mol. The number of carbonyl (C=O) groups is 3. The van der Waals surface area contributed by atoms with Crippen LogP contribution in [-0.2, 0) is 28.6 Å². The normalized spacial score (nSPS) is 12.8. The van der Waals surface area contributed by atoms with E-state index in [-0.39, 0.29) is 31.1 Å². The summed E-state index contributed by atoms with van der Waals surface area (Å²) in [5.41, 5.74) is 0. The molecule has 0 heterocycles. The average Bonchev–Trinajstić information content (AvgIpc) is 3.47. The maximum atomic E-state index is 12.9. The van der Waals surface area contributed by atoms with E-state index >= 15 is 0 Å². The zero-order valence-electron chi connectivity index (χ0n) is 53.3. The average molecular weight is 1130 g/mol. The van der Waals surface area contributed by atoms with Crippen molar-refractivity contribution in [3.05, 3.63) is 109 Å². The quantitative estimate of drug-likeness (QED) is 0.0261. The van der Waals surface area contributed by atoms with Crippen molar-refractivity contribution in [3.63, 3.8) is 0 Å². The van der Waals surface area contributed by atoms with Crippen molar-refractivity contribution in [1.29, 1.82) is 0 Å². The molecule has 6 nitrogen and oxygen atoms in total. The minimum absolute atomic E-state index is 0.0886. The molecule has 0 aromatic carbocycles. The first-order chi connectivity index (χ1) is 40.0. The van der Waals surface area contributed by atoms with E-state index in [0.29, 0.717) is 19.3 Å². The van der Waals surface area contributed by atoms with Gasteiger partial charge >= 0.3 is 17.9 Å². The van der Waals surface area contributed by atoms with Crippen LogP contribution in [0.3, 0.4) is 0 Å². The second-order valence-electron chi connectivity index (χ2n) is 22.7. The van der Waals surface area contributed by atoms with Crippen molar-refractivity contribution >= 4 is 17.9 Å². The molecule has 0 amide bonds. The number of hydrogen-bond donors (Lipinski definition) is 0. The Morgan fingerprint density at radius 3 is 0.778 bits per heavy atom. The Hall–Kier alpha value is -3.93. The summed E-state index contributed by atoms with van der Waals surface area (Å²) in [4.78, 5) is 38.5. The number of allylic oxidation sites excluding steroid dienone is 18. The Morgan fingerprint density at radius 1 is 0.259 bits per heavy atom. The number of ether oxygens (including phenoxy) is 3. The van der Waals surface area contributed by atoms with Crippen LogP contribution in [0.25, 0.3) is 0 Å². The van der Waals surface area contributed by atoms with E-state index in [1.54, 1.807) is 0 Å². The van der Waals surface area contributed by atoms with Crippen molar-refractivity contribution < 1.29 is 28.6 Å². The van der Waals surface area contributed by atoms with E-state index in [0.717, 1.165) is 122 Å². The molecule has 0 spiro atoms. The highest BCUT2D eigenvalue weighted by atomic mass is 16.6. The van der Waals surface area contributed by atoms with Gasteiger partial charge in [-0.2, -0.15) is 0 Å². The molecule has 0 aromatic rings. The minimum Gasteiger partial charge on any atom is -0.462 e. The number of esters is 3. The lowest BCUT2D eigenvalue weighted by Gasteiger charge is -2.18. The zero-order chi connectivity index (χ0) is 58.5. The van der Waals surface area contributed by atoms with Crippen molar-refractivity contribution in [3.8, 4) is 0 Å². The van der Waals surface area contributed by atoms with E-state index < -0.39 is 6.10 Å². The van der Waals surface area contributed by atoms with Crippen LogP contribution in [0.1, 0.15) is 329 Å². The van der Waals surface area contributed by atoms with Gasteiger partial charge in [-0.15, -0.1) is 0 Å². The van der Waals surface area contributed by atoms with Crippen molar-refractivity contribution in [1.82, 2.24) is 0 Å². The summed E-state index contributed by atoms with van der Waals surface area (Å²) in [6, 6.07) is 0. The van der Waals surface area contributed by atoms with Gasteiger partial charge in [0.05, 0.1) is 0 Å². The maximum absolute atomic E-state index is 12.9. The Morgan fingerprint density at radius 2 is 0.481 bits per heavy atom. The van der Waals surface area contributed by atoms with E-state index in [9.17, 15) is 14.4 Å². The molecule has 6 heteroatoms. The lowest BCUT2D eigenvalue weighted by Crippen LogP contribution is -2.30. The van der Waals surface area contributed by atoms with Crippen molar-refractivity contribution in [2.24, 2.45) is 0 Å². The molecule has 0 saturated carbocycles. The number of carbonyl (C=O) groups excluding carboxylic acids is 3. The third-order valence-electron chi connectivity index (χ3n) is 14.7. The standard InChI is InChI=1S/C75H128O6/c1-4-7-10-13-16-19-22-25-28-31-34-35-36-37-38-39-42-44-47-50-53-56-59-62-65-68-74(77)80-71-72(81-75(78)69-66-63-60-57-54-51-48-45-41-33-30-27-24-21-18-15-12-9-6-3)70-79-73(76)67-64-61-58-55-52-49-46-43-40-32-29-26-23-20-17-14-11-8-5-2/h9,12,17-18,20-22,25-27,29-31,34,40-41,43,45,72H,4-8,10-11,13-16,19,23-24,28,32-33,35-39,42,44,46-71H2,1-3H3/b12-9-,20-17-,21-18-,25-22-,29-26-,30-27-,34-31-,43-40-,45-41-. The fraction of sp³-hybridized carbons (Fsp3) is 0.720. The molecule has 0 radical (unpaired) electrons. The summed E-state index contributed by atoms with van der Waals surface area (Å²) in [5, 5.41) is 0. The lowest BCUT2D eigenvalue weighted by molar-refractivity contribution is -0.167. The van der Waals surface area contributed by atoms with Crippen LogP contribution in [0.5, 0.6) is 0 Å². The first-order valence-electron chi connectivity index (χ1n) is 34.4. The van der Waals surface area contributed by atoms with Gasteiger partial charge in [0.25, 0.3) is 0 Å². The molecule has 0 N–H and O–H groups in total. The third-order valence-corrected chi connectivity index (χ3v) is 14.7. The molecule has 464 valence electrons. The van der Waals surface area contributed by atoms with E-state index in [1.807, 2.05) is 0 Å². The molecule has 0 fully saturated rings. The van der Waals surface area contributed by atoms with Gasteiger partial charge in [0.1, 0.15) is 13.2 Å². The number of rotatable bonds is 62. The zero-order valence-corrected chi connectivity index (χ0v) is 53.3. The fourth-order valence-corrected chi connectivity index (χ4v) is 9.59. The van der Waals surface area contributed by atoms with Crippen LogP contribution in [0, 0.1) is 0 Å². The van der Waals surface area contributed by atoms with Crippen LogP contribution < -0.4 is 0 Å². The van der Waals surface area contributed by atoms with E-state index in [4.69, 9.17) is 14.2 Å². The first kappa shape index (κ1) is 77.1. The Bertz CT molecular complexity index is 1620. The molecular formula is C75H128O6. The Balaban J connectivity index is 4.40. The maximum Gasteiger partial charge on any atom is 0.306 e. The van der Waals surface area contributed by atoms with Gasteiger partial charge in [0.15, 0.2) is 6.10 Å². The molecule has 0 rings (SSSR count). The topological polar surface area (TPSA) is 78.9 Å². The summed E-state index contributed by atoms with van der Waals surface area (Å²) in [6.07, 6.45) is 93.8. The molecule has 1 atom stereocenters. The highest BCUT2D eigenvalue weighted by Gasteiger charge is 2.19. The van der Waals surface area contributed by atoms with Crippen LogP contribution in [0.4, 0.5) is 0 Å². The monoisotopic (exact) mass is 1120 g/mol. The molecule has 81 heavy (non-hydrogen) atoms. The molecule has 0 aliphatic rings. The molecule has 0 aliphatic carbocycles.